The average Bonchev–Trinajstić information content (AvgIpc) is 3.79. The van der Waals surface area contributed by atoms with Gasteiger partial charge in [-0.15, -0.1) is 0 Å². The first kappa shape index (κ1) is 26.2. The molecule has 0 bridgehead atoms. The summed E-state index contributed by atoms with van der Waals surface area (Å²) in [6.45, 7) is 0. The van der Waals surface area contributed by atoms with Crippen molar-refractivity contribution in [2.75, 3.05) is 4.90 Å². The first-order valence-electron chi connectivity index (χ1n) is 16.3. The van der Waals surface area contributed by atoms with Crippen LogP contribution in [0.4, 0.5) is 11.4 Å². The molecule has 1 aliphatic carbocycles. The molecule has 0 radical (unpaired) electrons. The smallest absolute Gasteiger partial charge is 0.159 e. The molecule has 6 aromatic carbocycles. The van der Waals surface area contributed by atoms with E-state index in [1.165, 1.54) is 27.7 Å². The molecule has 10 rings (SSSR count). The molecule has 2 aliphatic rings. The number of allylic oxidation sites excluding steroid dienone is 1. The van der Waals surface area contributed by atoms with Crippen LogP contribution in [0.3, 0.4) is 0 Å². The third-order valence-electron chi connectivity index (χ3n) is 10.3. The second-order valence-corrected chi connectivity index (χ2v) is 12.7. The third kappa shape index (κ3) is 3.69. The first-order chi connectivity index (χ1) is 23.3. The molecule has 1 aliphatic heterocycles. The minimum Gasteiger partial charge on any atom is -0.454 e. The van der Waals surface area contributed by atoms with Gasteiger partial charge in [-0.3, -0.25) is 0 Å². The predicted octanol–water partition coefficient (Wildman–Crippen LogP) is 11.2. The maximum absolute atomic E-state index is 10.4. The number of nitrogens with zero attached hydrogens (tertiary/aromatic N) is 3. The van der Waals surface area contributed by atoms with Gasteiger partial charge in [-0.05, 0) is 66.4 Å². The SMILES string of the molecule is N#Cc1cccc(-c2ccc3oc4c5c(ccc4c3c2)C2C=CCCC2N5c2ccccc2)c1-n1c2ccccc2c2ccccc21. The second-order valence-electron chi connectivity index (χ2n) is 12.7. The first-order valence-corrected chi connectivity index (χ1v) is 16.3. The Kier molecular flexibility index (Phi) is 5.56. The van der Waals surface area contributed by atoms with Crippen LogP contribution in [0.2, 0.25) is 0 Å². The monoisotopic (exact) mass is 603 g/mol. The molecular formula is C43H29N3O. The van der Waals surface area contributed by atoms with Crippen molar-refractivity contribution in [3.8, 4) is 22.9 Å². The maximum atomic E-state index is 10.4. The Bertz CT molecular complexity index is 2560. The summed E-state index contributed by atoms with van der Waals surface area (Å²) in [6.07, 6.45) is 6.91. The molecule has 222 valence electrons. The molecule has 0 amide bonds. The number of fused-ring (bicyclic) bond motifs is 10. The van der Waals surface area contributed by atoms with Gasteiger partial charge in [0.25, 0.3) is 0 Å². The van der Waals surface area contributed by atoms with E-state index < -0.39 is 0 Å². The van der Waals surface area contributed by atoms with Crippen LogP contribution in [0, 0.1) is 11.3 Å². The lowest BCUT2D eigenvalue weighted by molar-refractivity contribution is 0.564. The number of benzene rings is 6. The van der Waals surface area contributed by atoms with Gasteiger partial charge in [0.05, 0.1) is 28.0 Å². The molecule has 4 heteroatoms. The highest BCUT2D eigenvalue weighted by Gasteiger charge is 2.41. The maximum Gasteiger partial charge on any atom is 0.159 e. The van der Waals surface area contributed by atoms with Crippen molar-refractivity contribution in [3.05, 3.63) is 151 Å². The molecule has 0 saturated carbocycles. The Morgan fingerprint density at radius 2 is 1.45 bits per heavy atom. The molecule has 0 N–H and O–H groups in total. The van der Waals surface area contributed by atoms with Gasteiger partial charge in [0.1, 0.15) is 11.7 Å². The van der Waals surface area contributed by atoms with Crippen molar-refractivity contribution in [2.24, 2.45) is 0 Å². The lowest BCUT2D eigenvalue weighted by atomic mass is 9.87. The van der Waals surface area contributed by atoms with E-state index in [9.17, 15) is 5.26 Å². The number of hydrogen-bond acceptors (Lipinski definition) is 3. The number of anilines is 2. The number of aromatic nitrogens is 1. The van der Waals surface area contributed by atoms with Crippen molar-refractivity contribution in [1.82, 2.24) is 4.57 Å². The minimum atomic E-state index is 0.342. The van der Waals surface area contributed by atoms with Crippen molar-refractivity contribution >= 4 is 55.1 Å². The van der Waals surface area contributed by atoms with Crippen LogP contribution in [-0.4, -0.2) is 10.6 Å². The van der Waals surface area contributed by atoms with Crippen molar-refractivity contribution in [2.45, 2.75) is 24.8 Å². The minimum absolute atomic E-state index is 0.342. The van der Waals surface area contributed by atoms with Crippen molar-refractivity contribution in [1.29, 1.82) is 5.26 Å². The number of rotatable bonds is 3. The number of hydrogen-bond donors (Lipinski definition) is 0. The topological polar surface area (TPSA) is 45.1 Å². The van der Waals surface area contributed by atoms with Gasteiger partial charge in [0, 0.05) is 44.8 Å². The second kappa shape index (κ2) is 9.97. The average molecular weight is 604 g/mol. The summed E-state index contributed by atoms with van der Waals surface area (Å²) >= 11 is 0. The van der Waals surface area contributed by atoms with Gasteiger partial charge in [0.15, 0.2) is 5.58 Å². The highest BCUT2D eigenvalue weighted by atomic mass is 16.3. The van der Waals surface area contributed by atoms with Gasteiger partial charge in [0.2, 0.25) is 0 Å². The number of nitriles is 1. The van der Waals surface area contributed by atoms with E-state index in [0.29, 0.717) is 17.5 Å². The van der Waals surface area contributed by atoms with E-state index in [1.54, 1.807) is 0 Å². The van der Waals surface area contributed by atoms with Crippen LogP contribution in [-0.2, 0) is 0 Å². The molecular weight excluding hydrogens is 574 g/mol. The van der Waals surface area contributed by atoms with E-state index >= 15 is 0 Å². The van der Waals surface area contributed by atoms with Crippen LogP contribution in [0.1, 0.15) is 29.9 Å². The molecule has 0 fully saturated rings. The van der Waals surface area contributed by atoms with Crippen LogP contribution >= 0.6 is 0 Å². The van der Waals surface area contributed by atoms with Crippen LogP contribution in [0.5, 0.6) is 0 Å². The molecule has 0 spiro atoms. The van der Waals surface area contributed by atoms with Gasteiger partial charge in [-0.1, -0.05) is 97.1 Å². The zero-order valence-corrected chi connectivity index (χ0v) is 25.6. The summed E-state index contributed by atoms with van der Waals surface area (Å²) in [5.41, 5.74) is 11.3. The summed E-state index contributed by atoms with van der Waals surface area (Å²) in [6, 6.07) is 47.6. The van der Waals surface area contributed by atoms with Crippen LogP contribution < -0.4 is 4.90 Å². The van der Waals surface area contributed by atoms with Gasteiger partial charge < -0.3 is 13.9 Å². The van der Waals surface area contributed by atoms with Gasteiger partial charge in [-0.2, -0.15) is 5.26 Å². The lowest BCUT2D eigenvalue weighted by Gasteiger charge is -2.31. The van der Waals surface area contributed by atoms with E-state index in [1.807, 2.05) is 12.1 Å². The summed E-state index contributed by atoms with van der Waals surface area (Å²) < 4.78 is 9.04. The molecule has 8 aromatic rings. The Morgan fingerprint density at radius 1 is 0.681 bits per heavy atom. The fourth-order valence-electron chi connectivity index (χ4n) is 8.29. The van der Waals surface area contributed by atoms with E-state index in [4.69, 9.17) is 4.42 Å². The van der Waals surface area contributed by atoms with E-state index in [0.717, 1.165) is 62.6 Å². The van der Waals surface area contributed by atoms with E-state index in [-0.39, 0.29) is 0 Å². The predicted molar refractivity (Wildman–Crippen MR) is 192 cm³/mol. The standard InChI is InChI=1S/C43H29N3O/c44-26-28-11-10-17-30(41(28)46-38-19-8-4-14-31(38)32-15-5-9-20-39(32)46)27-21-24-40-36(25-27)35-23-22-34-33-16-6-7-18-37(33)45(42(34)43(35)47-40)29-12-2-1-3-13-29/h1-6,8-17,19-25,33,37H,7,18H2. The Morgan fingerprint density at radius 3 is 2.23 bits per heavy atom. The van der Waals surface area contributed by atoms with Gasteiger partial charge >= 0.3 is 0 Å². The normalized spacial score (nSPS) is 17.0. The summed E-state index contributed by atoms with van der Waals surface area (Å²) in [5, 5.41) is 15.0. The molecule has 2 aromatic heterocycles. The zero-order chi connectivity index (χ0) is 31.1. The quantitative estimate of drug-likeness (QED) is 0.189. The molecule has 2 atom stereocenters. The Balaban J connectivity index is 1.22. The Hall–Kier alpha value is -6.05. The molecule has 47 heavy (non-hydrogen) atoms. The zero-order valence-electron chi connectivity index (χ0n) is 25.6. The fourth-order valence-corrected chi connectivity index (χ4v) is 8.29. The number of para-hydroxylation sites is 4. The fraction of sp³-hybridized carbons (Fsp3) is 0.0930. The summed E-state index contributed by atoms with van der Waals surface area (Å²) in [5.74, 6) is 0.342. The summed E-state index contributed by atoms with van der Waals surface area (Å²) in [4.78, 5) is 2.52. The van der Waals surface area contributed by atoms with E-state index in [2.05, 4.69) is 143 Å². The molecule has 4 nitrogen and oxygen atoms in total. The highest BCUT2D eigenvalue weighted by Crippen LogP contribution is 2.53. The highest BCUT2D eigenvalue weighted by molar-refractivity contribution is 6.13. The largest absolute Gasteiger partial charge is 0.454 e. The Labute approximate surface area is 272 Å². The van der Waals surface area contributed by atoms with Crippen molar-refractivity contribution in [3.63, 3.8) is 0 Å². The third-order valence-corrected chi connectivity index (χ3v) is 10.3. The molecule has 3 heterocycles. The molecule has 2 unspecified atom stereocenters. The van der Waals surface area contributed by atoms with Crippen LogP contribution in [0.15, 0.2) is 144 Å². The lowest BCUT2D eigenvalue weighted by Crippen LogP contribution is -2.30. The summed E-state index contributed by atoms with van der Waals surface area (Å²) in [7, 11) is 0. The van der Waals surface area contributed by atoms with Gasteiger partial charge in [-0.25, -0.2) is 0 Å². The molecule has 0 saturated heterocycles. The van der Waals surface area contributed by atoms with Crippen LogP contribution in [0.25, 0.3) is 60.6 Å². The number of furan rings is 1. The van der Waals surface area contributed by atoms with Crippen molar-refractivity contribution < 1.29 is 4.42 Å².